The average molecular weight is 272 g/mol. The zero-order valence-corrected chi connectivity index (χ0v) is 12.5. The molecule has 0 amide bonds. The molecule has 0 spiro atoms. The van der Waals surface area contributed by atoms with Crippen molar-refractivity contribution in [3.63, 3.8) is 0 Å². The van der Waals surface area contributed by atoms with Crippen molar-refractivity contribution in [1.29, 1.82) is 0 Å². The summed E-state index contributed by atoms with van der Waals surface area (Å²) in [5, 5.41) is 0.862. The summed E-state index contributed by atoms with van der Waals surface area (Å²) < 4.78 is 0. The van der Waals surface area contributed by atoms with Crippen LogP contribution in [0.5, 0.6) is 0 Å². The lowest BCUT2D eigenvalue weighted by Gasteiger charge is -2.30. The molecule has 6 heteroatoms. The van der Waals surface area contributed by atoms with Gasteiger partial charge in [0.05, 0.1) is 0 Å². The molecular weight excluding hydrogens is 252 g/mol. The van der Waals surface area contributed by atoms with E-state index in [4.69, 9.17) is 0 Å². The van der Waals surface area contributed by atoms with Gasteiger partial charge in [0.25, 0.3) is 0 Å². The van der Waals surface area contributed by atoms with Crippen LogP contribution in [0.4, 0.5) is 0 Å². The van der Waals surface area contributed by atoms with Crippen LogP contribution in [0.3, 0.4) is 0 Å². The fourth-order valence-corrected chi connectivity index (χ4v) is 2.35. The Morgan fingerprint density at radius 3 is 1.82 bits per heavy atom. The summed E-state index contributed by atoms with van der Waals surface area (Å²) in [7, 11) is 0. The number of hydrogen-bond acceptors (Lipinski definition) is 6. The van der Waals surface area contributed by atoms with E-state index >= 15 is 0 Å². The first-order chi connectivity index (χ1) is 7.90. The highest BCUT2D eigenvalue weighted by Crippen LogP contribution is 2.08. The van der Waals surface area contributed by atoms with Gasteiger partial charge in [-0.05, 0) is 27.7 Å². The average Bonchev–Trinajstić information content (AvgIpc) is 2.14. The van der Waals surface area contributed by atoms with Crippen molar-refractivity contribution < 1.29 is 0 Å². The quantitative estimate of drug-likeness (QED) is 0.806. The Bertz CT molecular complexity index is 340. The lowest BCUT2D eigenvalue weighted by molar-refractivity contribution is 0.176. The summed E-state index contributed by atoms with van der Waals surface area (Å²) in [5.41, 5.74) is 0. The van der Waals surface area contributed by atoms with Gasteiger partial charge in [0.1, 0.15) is 5.82 Å². The van der Waals surface area contributed by atoms with Crippen LogP contribution in [-0.2, 0) is 6.42 Å². The molecule has 0 unspecified atom stereocenters. The lowest BCUT2D eigenvalue weighted by Crippen LogP contribution is -2.38. The fourth-order valence-electron chi connectivity index (χ4n) is 1.85. The van der Waals surface area contributed by atoms with Crippen LogP contribution in [-0.4, -0.2) is 38.5 Å². The van der Waals surface area contributed by atoms with E-state index in [1.54, 1.807) is 0 Å². The first-order valence-corrected chi connectivity index (χ1v) is 6.68. The summed E-state index contributed by atoms with van der Waals surface area (Å²) >= 11 is 8.25. The zero-order chi connectivity index (χ0) is 13.0. The predicted octanol–water partition coefficient (Wildman–Crippen LogP) is 2.11. The molecule has 0 saturated heterocycles. The molecular formula is C11H20N4S2. The van der Waals surface area contributed by atoms with Gasteiger partial charge in [-0.15, -0.1) is 25.3 Å². The van der Waals surface area contributed by atoms with Gasteiger partial charge in [-0.25, -0.2) is 9.97 Å². The van der Waals surface area contributed by atoms with Gasteiger partial charge in [-0.3, -0.25) is 4.90 Å². The normalized spacial score (nSPS) is 11.8. The molecule has 0 aromatic carbocycles. The summed E-state index contributed by atoms with van der Waals surface area (Å²) in [6.07, 6.45) is 0.792. The van der Waals surface area contributed by atoms with E-state index in [0.29, 0.717) is 22.4 Å². The Morgan fingerprint density at radius 2 is 1.41 bits per heavy atom. The maximum absolute atomic E-state index is 4.19. The number of aromatic nitrogens is 3. The number of thiol groups is 2. The maximum atomic E-state index is 4.19. The van der Waals surface area contributed by atoms with Gasteiger partial charge >= 0.3 is 0 Å². The Morgan fingerprint density at radius 1 is 0.941 bits per heavy atom. The molecule has 96 valence electrons. The minimum Gasteiger partial charge on any atom is -0.298 e. The van der Waals surface area contributed by atoms with Crippen LogP contribution in [0.2, 0.25) is 0 Å². The molecule has 0 bridgehead atoms. The van der Waals surface area contributed by atoms with Gasteiger partial charge in [-0.2, -0.15) is 4.98 Å². The summed E-state index contributed by atoms with van der Waals surface area (Å²) in [4.78, 5) is 14.7. The predicted molar refractivity (Wildman–Crippen MR) is 75.0 cm³/mol. The zero-order valence-electron chi connectivity index (χ0n) is 10.8. The van der Waals surface area contributed by atoms with E-state index in [-0.39, 0.29) is 0 Å². The van der Waals surface area contributed by atoms with Crippen LogP contribution in [0.25, 0.3) is 0 Å². The summed E-state index contributed by atoms with van der Waals surface area (Å²) in [6, 6.07) is 1.03. The molecule has 1 heterocycles. The Kier molecular flexibility index (Phi) is 5.69. The van der Waals surface area contributed by atoms with Crippen LogP contribution in [0.15, 0.2) is 10.3 Å². The molecule has 0 saturated carbocycles. The van der Waals surface area contributed by atoms with Crippen molar-refractivity contribution in [2.45, 2.75) is 56.5 Å². The molecule has 1 rings (SSSR count). The molecule has 0 aliphatic heterocycles. The molecule has 17 heavy (non-hydrogen) atoms. The van der Waals surface area contributed by atoms with Gasteiger partial charge in [0, 0.05) is 25.0 Å². The van der Waals surface area contributed by atoms with Crippen molar-refractivity contribution in [2.75, 3.05) is 6.54 Å². The van der Waals surface area contributed by atoms with Crippen LogP contribution in [0, 0.1) is 0 Å². The highest BCUT2D eigenvalue weighted by molar-refractivity contribution is 7.80. The standard InChI is InChI=1S/C11H20N4S2/c1-7(2)15(8(3)4)6-5-9-12-10(16)14-11(17)13-9/h7-8H,5-6H2,1-4H3,(H2,12,13,14,16,17). The summed E-state index contributed by atoms with van der Waals surface area (Å²) in [5.74, 6) is 0.751. The molecule has 0 aliphatic rings. The second-order valence-corrected chi connectivity index (χ2v) is 5.33. The van der Waals surface area contributed by atoms with E-state index in [0.717, 1.165) is 18.8 Å². The molecule has 0 fully saturated rings. The molecule has 1 aromatic rings. The van der Waals surface area contributed by atoms with Crippen molar-refractivity contribution >= 4 is 25.3 Å². The fraction of sp³-hybridized carbons (Fsp3) is 0.727. The van der Waals surface area contributed by atoms with Crippen molar-refractivity contribution in [2.24, 2.45) is 0 Å². The second-order valence-electron chi connectivity index (χ2n) is 4.53. The minimum absolute atomic E-state index is 0.431. The first-order valence-electron chi connectivity index (χ1n) is 5.78. The SMILES string of the molecule is CC(C)N(CCc1nc(S)nc(S)n1)C(C)C. The lowest BCUT2D eigenvalue weighted by atomic mass is 10.2. The first kappa shape index (κ1) is 14.7. The second kappa shape index (κ2) is 6.56. The third-order valence-electron chi connectivity index (χ3n) is 2.58. The van der Waals surface area contributed by atoms with Crippen molar-refractivity contribution in [1.82, 2.24) is 19.9 Å². The van der Waals surface area contributed by atoms with Crippen molar-refractivity contribution in [3.8, 4) is 0 Å². The largest absolute Gasteiger partial charge is 0.298 e. The van der Waals surface area contributed by atoms with E-state index in [9.17, 15) is 0 Å². The van der Waals surface area contributed by atoms with Gasteiger partial charge in [0.15, 0.2) is 10.3 Å². The number of rotatable bonds is 5. The van der Waals surface area contributed by atoms with Crippen LogP contribution >= 0.6 is 25.3 Å². The molecule has 0 radical (unpaired) electrons. The maximum Gasteiger partial charge on any atom is 0.188 e. The topological polar surface area (TPSA) is 41.9 Å². The Hall–Kier alpha value is -0.330. The molecule has 0 aliphatic carbocycles. The molecule has 4 nitrogen and oxygen atoms in total. The smallest absolute Gasteiger partial charge is 0.188 e. The van der Waals surface area contributed by atoms with E-state index < -0.39 is 0 Å². The Labute approximate surface area is 114 Å². The highest BCUT2D eigenvalue weighted by Gasteiger charge is 2.14. The molecule has 0 N–H and O–H groups in total. The van der Waals surface area contributed by atoms with Crippen LogP contribution in [0.1, 0.15) is 33.5 Å². The van der Waals surface area contributed by atoms with Gasteiger partial charge < -0.3 is 0 Å². The van der Waals surface area contributed by atoms with E-state index in [1.165, 1.54) is 0 Å². The van der Waals surface area contributed by atoms with Gasteiger partial charge in [0.2, 0.25) is 0 Å². The van der Waals surface area contributed by atoms with Crippen LogP contribution < -0.4 is 0 Å². The minimum atomic E-state index is 0.431. The third kappa shape index (κ3) is 4.81. The molecule has 1 aromatic heterocycles. The number of hydrogen-bond donors (Lipinski definition) is 2. The third-order valence-corrected chi connectivity index (χ3v) is 2.98. The highest BCUT2D eigenvalue weighted by atomic mass is 32.1. The van der Waals surface area contributed by atoms with E-state index in [2.05, 4.69) is 72.8 Å². The number of nitrogens with zero attached hydrogens (tertiary/aromatic N) is 4. The molecule has 0 atom stereocenters. The monoisotopic (exact) mass is 272 g/mol. The summed E-state index contributed by atoms with van der Waals surface area (Å²) in [6.45, 7) is 9.71. The van der Waals surface area contributed by atoms with Gasteiger partial charge in [-0.1, -0.05) is 0 Å². The Balaban J connectivity index is 2.65. The van der Waals surface area contributed by atoms with E-state index in [1.807, 2.05) is 0 Å². The van der Waals surface area contributed by atoms with Crippen molar-refractivity contribution in [3.05, 3.63) is 5.82 Å².